The molecule has 0 amide bonds. The number of carbonyl (C=O) groups is 2. The number of esters is 1. The van der Waals surface area contributed by atoms with Gasteiger partial charge in [-0.3, -0.25) is 4.79 Å². The van der Waals surface area contributed by atoms with Gasteiger partial charge >= 0.3 is 11.9 Å². The van der Waals surface area contributed by atoms with E-state index in [1.165, 1.54) is 6.08 Å². The Bertz CT molecular complexity index is 1890. The fraction of sp³-hybridized carbons (Fsp3) is 0.660. The minimum atomic E-state index is -1.70. The highest BCUT2D eigenvalue weighted by Crippen LogP contribution is 2.39. The average Bonchev–Trinajstić information content (AvgIpc) is 3.67. The molecule has 7 rings (SSSR count). The molecular weight excluding hydrogens is 893 g/mol. The molecule has 384 valence electrons. The maximum absolute atomic E-state index is 13.1. The van der Waals surface area contributed by atoms with Crippen molar-refractivity contribution in [1.82, 2.24) is 0 Å². The van der Waals surface area contributed by atoms with Gasteiger partial charge in [0.15, 0.2) is 12.4 Å². The quantitative estimate of drug-likeness (QED) is 0.0898. The summed E-state index contributed by atoms with van der Waals surface area (Å²) in [4.78, 5) is 24.1. The van der Waals surface area contributed by atoms with Crippen LogP contribution < -0.4 is 0 Å². The van der Waals surface area contributed by atoms with E-state index < -0.39 is 92.0 Å². The molecule has 7 heterocycles. The van der Waals surface area contributed by atoms with E-state index in [1.54, 1.807) is 24.3 Å². The lowest BCUT2D eigenvalue weighted by Gasteiger charge is -2.43. The molecule has 0 spiro atoms. The van der Waals surface area contributed by atoms with Crippen molar-refractivity contribution in [2.24, 2.45) is 17.8 Å². The summed E-state index contributed by atoms with van der Waals surface area (Å²) in [5.41, 5.74) is 0.901. The number of rotatable bonds is 10. The molecule has 16 heteroatoms. The molecule has 4 saturated heterocycles. The maximum atomic E-state index is 13.1. The molecule has 7 bridgehead atoms. The Morgan fingerprint density at radius 3 is 2.28 bits per heavy atom. The van der Waals surface area contributed by atoms with Crippen LogP contribution in [0.25, 0.3) is 0 Å². The first-order valence-corrected chi connectivity index (χ1v) is 24.9. The minimum Gasteiger partial charge on any atom is -0.481 e. The molecule has 0 unspecified atom stereocenters. The third kappa shape index (κ3) is 15.4. The first-order valence-electron chi connectivity index (χ1n) is 24.9. The van der Waals surface area contributed by atoms with Crippen LogP contribution in [0.15, 0.2) is 96.7 Å². The van der Waals surface area contributed by atoms with Crippen molar-refractivity contribution in [2.75, 3.05) is 6.61 Å². The summed E-state index contributed by atoms with van der Waals surface area (Å²) in [5.74, 6) is -1.39. The predicted octanol–water partition coefficient (Wildman–Crippen LogP) is 4.62. The van der Waals surface area contributed by atoms with Crippen LogP contribution in [0.1, 0.15) is 91.9 Å². The number of unbranched alkanes of at least 4 members (excludes halogenated alkanes) is 1. The molecule has 16 nitrogen and oxygen atoms in total. The van der Waals surface area contributed by atoms with E-state index in [2.05, 4.69) is 19.9 Å². The first kappa shape index (κ1) is 54.7. The van der Waals surface area contributed by atoms with Crippen LogP contribution in [-0.4, -0.2) is 158 Å². The second-order valence-electron chi connectivity index (χ2n) is 19.5. The van der Waals surface area contributed by atoms with E-state index in [0.29, 0.717) is 32.1 Å². The first-order chi connectivity index (χ1) is 33.1. The van der Waals surface area contributed by atoms with Gasteiger partial charge in [0.05, 0.1) is 49.3 Å². The van der Waals surface area contributed by atoms with Crippen LogP contribution >= 0.6 is 0 Å². The largest absolute Gasteiger partial charge is 0.481 e. The van der Waals surface area contributed by atoms with Crippen molar-refractivity contribution in [3.8, 4) is 0 Å². The fourth-order valence-electron chi connectivity index (χ4n) is 9.83. The normalized spacial score (nSPS) is 41.9. The Kier molecular flexibility index (Phi) is 21.2. The number of ether oxygens (including phenoxy) is 7. The molecule has 4 fully saturated rings. The van der Waals surface area contributed by atoms with Crippen molar-refractivity contribution in [3.05, 3.63) is 96.7 Å². The fourth-order valence-corrected chi connectivity index (χ4v) is 9.83. The number of aliphatic carboxylic acids is 1. The molecule has 7 aliphatic rings. The summed E-state index contributed by atoms with van der Waals surface area (Å²) in [5, 5.41) is 73.8. The molecule has 0 aromatic rings. The van der Waals surface area contributed by atoms with E-state index in [0.717, 1.165) is 24.8 Å². The van der Waals surface area contributed by atoms with Gasteiger partial charge in [-0.25, -0.2) is 4.79 Å². The highest BCUT2D eigenvalue weighted by molar-refractivity contribution is 5.82. The van der Waals surface area contributed by atoms with E-state index in [1.807, 2.05) is 68.5 Å². The van der Waals surface area contributed by atoms with Gasteiger partial charge in [0.1, 0.15) is 48.8 Å². The van der Waals surface area contributed by atoms with Gasteiger partial charge in [-0.15, -0.1) is 0 Å². The molecule has 0 saturated carbocycles. The maximum Gasteiger partial charge on any atom is 0.331 e. The van der Waals surface area contributed by atoms with Gasteiger partial charge in [-0.1, -0.05) is 106 Å². The highest BCUT2D eigenvalue weighted by atomic mass is 16.7. The molecule has 69 heavy (non-hydrogen) atoms. The smallest absolute Gasteiger partial charge is 0.331 e. The van der Waals surface area contributed by atoms with E-state index >= 15 is 0 Å². The van der Waals surface area contributed by atoms with Crippen LogP contribution in [0.4, 0.5) is 0 Å². The summed E-state index contributed by atoms with van der Waals surface area (Å²) in [6, 6.07) is 0. The lowest BCUT2D eigenvalue weighted by atomic mass is 9.85. The monoisotopic (exact) mass is 969 g/mol. The third-order valence-electron chi connectivity index (χ3n) is 14.1. The molecule has 7 N–H and O–H groups in total. The van der Waals surface area contributed by atoms with Gasteiger partial charge in [-0.05, 0) is 63.0 Å². The molecule has 7 aliphatic heterocycles. The molecule has 0 aliphatic carbocycles. The van der Waals surface area contributed by atoms with E-state index in [9.17, 15) is 40.2 Å². The van der Waals surface area contributed by atoms with Crippen LogP contribution in [-0.2, 0) is 42.7 Å². The second kappa shape index (κ2) is 26.7. The van der Waals surface area contributed by atoms with Gasteiger partial charge < -0.3 is 68.9 Å². The van der Waals surface area contributed by atoms with Gasteiger partial charge in [0, 0.05) is 37.2 Å². The van der Waals surface area contributed by atoms with Gasteiger partial charge in [0.25, 0.3) is 0 Å². The van der Waals surface area contributed by atoms with Crippen LogP contribution in [0, 0.1) is 17.8 Å². The Balaban J connectivity index is 1.22. The summed E-state index contributed by atoms with van der Waals surface area (Å²) < 4.78 is 43.7. The van der Waals surface area contributed by atoms with Crippen molar-refractivity contribution in [2.45, 2.75) is 196 Å². The summed E-state index contributed by atoms with van der Waals surface area (Å²) >= 11 is 0. The number of hydrogen-bond donors (Lipinski definition) is 7. The predicted molar refractivity (Wildman–Crippen MR) is 254 cm³/mol. The number of aliphatic hydroxyl groups is 6. The van der Waals surface area contributed by atoms with Crippen LogP contribution in [0.3, 0.4) is 0 Å². The Hall–Kier alpha value is -3.62. The lowest BCUT2D eigenvalue weighted by Crippen LogP contribution is -2.60. The van der Waals surface area contributed by atoms with E-state index in [4.69, 9.17) is 38.3 Å². The SMILES string of the molecule is C/C(=C\[C@H](C)CCCCC(=O)O)[C@@H]1O[C@@H]2C=C[C@@H]1OC(=O)/C=C\C=CC=C[C@H]1O[C@@H]3C[C@H]1O[C@@H](C=CC[C@H]1O[C@H](C[C@H](O)[C@H]1C)[C@H](O)[C@@H](O[C@@H]1O[C@H](CO)[C@@H](O)[C@H](O)[C@H]1O)/C=C\CCC=CC2)[C@@H]3C. The lowest BCUT2D eigenvalue weighted by molar-refractivity contribution is -0.316. The topological polar surface area (TPSA) is 240 Å². The number of aliphatic hydroxyl groups excluding tert-OH is 6. The molecule has 0 aromatic heterocycles. The van der Waals surface area contributed by atoms with Crippen LogP contribution in [0.5, 0.6) is 0 Å². The van der Waals surface area contributed by atoms with E-state index in [-0.39, 0.29) is 61.1 Å². The summed E-state index contributed by atoms with van der Waals surface area (Å²) in [6.45, 7) is 7.36. The number of carboxylic acids is 1. The minimum absolute atomic E-state index is 0.0148. The number of allylic oxidation sites excluding steroid dienone is 7. The zero-order valence-corrected chi connectivity index (χ0v) is 40.3. The van der Waals surface area contributed by atoms with Crippen molar-refractivity contribution in [1.29, 1.82) is 0 Å². The molecule has 20 atom stereocenters. The summed E-state index contributed by atoms with van der Waals surface area (Å²) in [6.07, 6.45) is 18.2. The molecule has 0 radical (unpaired) electrons. The Morgan fingerprint density at radius 2 is 1.49 bits per heavy atom. The number of carbonyl (C=O) groups excluding carboxylic acids is 1. The molecular formula is C53H76O16. The van der Waals surface area contributed by atoms with Gasteiger partial charge in [-0.2, -0.15) is 0 Å². The van der Waals surface area contributed by atoms with Crippen molar-refractivity contribution in [3.63, 3.8) is 0 Å². The van der Waals surface area contributed by atoms with Crippen LogP contribution in [0.2, 0.25) is 0 Å². The Labute approximate surface area is 406 Å². The molecule has 0 aromatic carbocycles. The van der Waals surface area contributed by atoms with Crippen molar-refractivity contribution < 1.29 is 78.5 Å². The zero-order valence-electron chi connectivity index (χ0n) is 40.3. The third-order valence-corrected chi connectivity index (χ3v) is 14.1. The van der Waals surface area contributed by atoms with Crippen molar-refractivity contribution >= 4 is 11.9 Å². The number of hydrogen-bond acceptors (Lipinski definition) is 15. The number of fused-ring (bicyclic) bond motifs is 13. The highest BCUT2D eigenvalue weighted by Gasteiger charge is 2.48. The van der Waals surface area contributed by atoms with Gasteiger partial charge in [0.2, 0.25) is 0 Å². The summed E-state index contributed by atoms with van der Waals surface area (Å²) in [7, 11) is 0. The Morgan fingerprint density at radius 1 is 0.725 bits per heavy atom. The average molecular weight is 969 g/mol. The standard InChI is InChI=1S/C53H76O16/c1-31(17-14-15-23-46(56)57)27-32(2)52-41-26-25-35(63-52)18-10-6-5-7-12-20-40(68-53-51(62)50(61)49(60)45(30-54)69-53)48(59)44-28-36(55)33(3)37(65-44)21-16-22-38-34(4)42-29-43(64-38)39(66-42)19-11-8-9-13-24-47(58)67-41/h6,8-13,16,19-20,22,24-27,31,33-45,48-55,59-62H,5,7,14-15,17-18,21,23,28-30H2,1-4H3,(H,56,57)/b9-8?,10-6?,19-11?,20-12-,22-16?,24-13-,32-27+/t31-,33-,34+,35+,36+,37-,38+,39-,40+,41+,42-,43-,44-,45-,48-,49-,50+,51-,52+,53-/m1/s1. The zero-order chi connectivity index (χ0) is 49.6. The number of carboxylic acid groups (broad SMARTS) is 1. The second-order valence-corrected chi connectivity index (χ2v) is 19.5.